The predicted molar refractivity (Wildman–Crippen MR) is 73.4 cm³/mol. The summed E-state index contributed by atoms with van der Waals surface area (Å²) >= 11 is 1.20. The molecule has 0 radical (unpaired) electrons. The number of methoxy groups -OCH3 is 1. The van der Waals surface area contributed by atoms with Gasteiger partial charge in [-0.1, -0.05) is 11.3 Å². The fraction of sp³-hybridized carbons (Fsp3) is 0.636. The van der Waals surface area contributed by atoms with Gasteiger partial charge in [0.2, 0.25) is 0 Å². The monoisotopic (exact) mass is 286 g/mol. The average Bonchev–Trinajstić information content (AvgIpc) is 3.06. The fourth-order valence-corrected chi connectivity index (χ4v) is 2.41. The van der Waals surface area contributed by atoms with Crippen LogP contribution < -0.4 is 16.4 Å². The number of aliphatic hydroxyl groups is 1. The lowest BCUT2D eigenvalue weighted by molar-refractivity contribution is 0.0911. The van der Waals surface area contributed by atoms with Gasteiger partial charge in [0.05, 0.1) is 18.8 Å². The van der Waals surface area contributed by atoms with Gasteiger partial charge in [0.15, 0.2) is 5.13 Å². The second-order valence-corrected chi connectivity index (χ2v) is 5.54. The quantitative estimate of drug-likeness (QED) is 0.527. The van der Waals surface area contributed by atoms with Crippen molar-refractivity contribution < 1.29 is 14.6 Å². The van der Waals surface area contributed by atoms with E-state index in [0.717, 1.165) is 12.8 Å². The molecule has 1 aromatic heterocycles. The molecule has 0 aromatic carbocycles. The van der Waals surface area contributed by atoms with Crippen molar-refractivity contribution in [3.05, 3.63) is 4.88 Å². The molecule has 8 heteroatoms. The van der Waals surface area contributed by atoms with Crippen LogP contribution in [0.2, 0.25) is 0 Å². The van der Waals surface area contributed by atoms with Crippen LogP contribution in [0.5, 0.6) is 0 Å². The molecule has 2 rings (SSSR count). The van der Waals surface area contributed by atoms with E-state index in [4.69, 9.17) is 10.5 Å². The molecule has 1 amide bonds. The molecule has 0 atom stereocenters. The number of nitrogens with two attached hydrogens (primary N) is 1. The van der Waals surface area contributed by atoms with Crippen LogP contribution in [0.3, 0.4) is 0 Å². The van der Waals surface area contributed by atoms with Gasteiger partial charge in [-0.05, 0) is 12.8 Å². The van der Waals surface area contributed by atoms with Crippen LogP contribution in [-0.2, 0) is 4.74 Å². The molecule has 0 spiro atoms. The third kappa shape index (κ3) is 3.34. The Kier molecular flexibility index (Phi) is 4.23. The molecule has 1 heterocycles. The molecular weight excluding hydrogens is 268 g/mol. The Morgan fingerprint density at radius 3 is 2.95 bits per heavy atom. The van der Waals surface area contributed by atoms with E-state index in [0.29, 0.717) is 23.2 Å². The van der Waals surface area contributed by atoms with Gasteiger partial charge in [0.1, 0.15) is 10.7 Å². The molecule has 1 aliphatic rings. The van der Waals surface area contributed by atoms with Crippen LogP contribution in [0.15, 0.2) is 0 Å². The largest absolute Gasteiger partial charge is 0.394 e. The molecule has 0 aliphatic heterocycles. The molecule has 0 saturated heterocycles. The summed E-state index contributed by atoms with van der Waals surface area (Å²) in [5, 5.41) is 15.6. The van der Waals surface area contributed by atoms with Crippen LogP contribution in [0.25, 0.3) is 0 Å². The topological polar surface area (TPSA) is 110 Å². The number of rotatable bonds is 7. The number of aliphatic hydroxyl groups excluding tert-OH is 1. The lowest BCUT2D eigenvalue weighted by Gasteiger charge is -2.13. The van der Waals surface area contributed by atoms with Gasteiger partial charge in [-0.3, -0.25) is 4.79 Å². The number of amides is 1. The molecule has 1 aromatic rings. The zero-order valence-corrected chi connectivity index (χ0v) is 11.5. The lowest BCUT2D eigenvalue weighted by atomic mass is 10.3. The van der Waals surface area contributed by atoms with E-state index in [1.54, 1.807) is 7.11 Å². The maximum absolute atomic E-state index is 12.0. The molecule has 19 heavy (non-hydrogen) atoms. The van der Waals surface area contributed by atoms with Crippen LogP contribution in [0.4, 0.5) is 10.9 Å². The Balaban J connectivity index is 1.97. The Morgan fingerprint density at radius 2 is 2.37 bits per heavy atom. The van der Waals surface area contributed by atoms with Crippen molar-refractivity contribution in [2.75, 3.05) is 37.9 Å². The highest BCUT2D eigenvalue weighted by molar-refractivity contribution is 7.18. The third-order valence-electron chi connectivity index (χ3n) is 2.98. The number of anilines is 2. The summed E-state index contributed by atoms with van der Waals surface area (Å²) in [5.74, 6) is -0.0718. The summed E-state index contributed by atoms with van der Waals surface area (Å²) in [6.07, 6.45) is 1.60. The fourth-order valence-electron chi connectivity index (χ4n) is 1.60. The standard InChI is InChI=1S/C11H18N4O3S/c1-18-5-4-13-10-14-8(12)7(19-10)9(17)15-11(6-16)2-3-11/h16H,2-6,12H2,1H3,(H,13,14)(H,15,17). The molecule has 1 aliphatic carbocycles. The number of nitrogens with zero attached hydrogens (tertiary/aromatic N) is 1. The van der Waals surface area contributed by atoms with E-state index < -0.39 is 5.54 Å². The predicted octanol–water partition coefficient (Wildman–Crippen LogP) is 0.0383. The van der Waals surface area contributed by atoms with Gasteiger partial charge in [0.25, 0.3) is 5.91 Å². The Bertz CT molecular complexity index is 459. The van der Waals surface area contributed by atoms with Crippen LogP contribution in [0.1, 0.15) is 22.5 Å². The van der Waals surface area contributed by atoms with E-state index in [9.17, 15) is 9.90 Å². The summed E-state index contributed by atoms with van der Waals surface area (Å²) < 4.78 is 4.91. The van der Waals surface area contributed by atoms with E-state index in [-0.39, 0.29) is 18.3 Å². The number of carbonyl (C=O) groups is 1. The first-order chi connectivity index (χ1) is 9.10. The van der Waals surface area contributed by atoms with Gasteiger partial charge in [-0.15, -0.1) is 0 Å². The van der Waals surface area contributed by atoms with Gasteiger partial charge in [-0.25, -0.2) is 4.98 Å². The smallest absolute Gasteiger partial charge is 0.265 e. The number of aromatic nitrogens is 1. The van der Waals surface area contributed by atoms with Crippen molar-refractivity contribution >= 4 is 28.2 Å². The highest BCUT2D eigenvalue weighted by atomic mass is 32.1. The van der Waals surface area contributed by atoms with Gasteiger partial charge >= 0.3 is 0 Å². The van der Waals surface area contributed by atoms with Crippen LogP contribution in [-0.4, -0.2) is 48.4 Å². The molecule has 106 valence electrons. The maximum Gasteiger partial charge on any atom is 0.265 e. The molecule has 1 saturated carbocycles. The van der Waals surface area contributed by atoms with Crippen molar-refractivity contribution in [2.45, 2.75) is 18.4 Å². The molecular formula is C11H18N4O3S. The van der Waals surface area contributed by atoms with E-state index in [1.165, 1.54) is 11.3 Å². The summed E-state index contributed by atoms with van der Waals surface area (Å²) in [5.41, 5.74) is 5.28. The van der Waals surface area contributed by atoms with Crippen LogP contribution in [0, 0.1) is 0 Å². The molecule has 7 nitrogen and oxygen atoms in total. The SMILES string of the molecule is COCCNc1nc(N)c(C(=O)NC2(CO)CC2)s1. The van der Waals surface area contributed by atoms with Crippen molar-refractivity contribution in [1.29, 1.82) is 0 Å². The van der Waals surface area contributed by atoms with E-state index in [1.807, 2.05) is 0 Å². The second-order valence-electron chi connectivity index (χ2n) is 4.55. The summed E-state index contributed by atoms with van der Waals surface area (Å²) in [6.45, 7) is 1.11. The number of thiazole rings is 1. The Labute approximate surface area is 115 Å². The van der Waals surface area contributed by atoms with Gasteiger partial charge in [0, 0.05) is 13.7 Å². The van der Waals surface area contributed by atoms with Gasteiger partial charge in [-0.2, -0.15) is 0 Å². The summed E-state index contributed by atoms with van der Waals surface area (Å²) in [6, 6.07) is 0. The Hall–Kier alpha value is -1.38. The first-order valence-electron chi connectivity index (χ1n) is 6.03. The number of nitrogens with one attached hydrogen (secondary N) is 2. The zero-order chi connectivity index (χ0) is 13.9. The number of nitrogen functional groups attached to an aromatic ring is 1. The Morgan fingerprint density at radius 1 is 1.63 bits per heavy atom. The summed E-state index contributed by atoms with van der Waals surface area (Å²) in [4.78, 5) is 16.5. The molecule has 5 N–H and O–H groups in total. The number of ether oxygens (including phenoxy) is 1. The van der Waals surface area contributed by atoms with Crippen molar-refractivity contribution in [2.24, 2.45) is 0 Å². The van der Waals surface area contributed by atoms with Crippen molar-refractivity contribution in [3.8, 4) is 0 Å². The number of hydrogen-bond acceptors (Lipinski definition) is 7. The molecule has 1 fully saturated rings. The van der Waals surface area contributed by atoms with E-state index >= 15 is 0 Å². The number of hydrogen-bond donors (Lipinski definition) is 4. The minimum atomic E-state index is -0.447. The molecule has 0 unspecified atom stereocenters. The third-order valence-corrected chi connectivity index (χ3v) is 4.00. The summed E-state index contributed by atoms with van der Waals surface area (Å²) in [7, 11) is 1.61. The first-order valence-corrected chi connectivity index (χ1v) is 6.84. The second kappa shape index (κ2) is 5.72. The van der Waals surface area contributed by atoms with Crippen LogP contribution >= 0.6 is 11.3 Å². The number of carbonyl (C=O) groups excluding carboxylic acids is 1. The zero-order valence-electron chi connectivity index (χ0n) is 10.7. The highest BCUT2D eigenvalue weighted by Crippen LogP contribution is 2.35. The van der Waals surface area contributed by atoms with E-state index in [2.05, 4.69) is 15.6 Å². The van der Waals surface area contributed by atoms with Crippen molar-refractivity contribution in [1.82, 2.24) is 10.3 Å². The highest BCUT2D eigenvalue weighted by Gasteiger charge is 2.44. The minimum absolute atomic E-state index is 0.0452. The molecule has 0 bridgehead atoms. The lowest BCUT2D eigenvalue weighted by Crippen LogP contribution is -2.39. The normalized spacial score (nSPS) is 16.1. The average molecular weight is 286 g/mol. The first kappa shape index (κ1) is 14.0. The minimum Gasteiger partial charge on any atom is -0.394 e. The van der Waals surface area contributed by atoms with Gasteiger partial charge < -0.3 is 26.2 Å². The van der Waals surface area contributed by atoms with Crippen molar-refractivity contribution in [3.63, 3.8) is 0 Å². The maximum atomic E-state index is 12.0.